The molecular formula is C32H29F6N3O. The molecule has 1 amide bonds. The molecule has 3 aromatic carbocycles. The lowest BCUT2D eigenvalue weighted by molar-refractivity contribution is -0.143. The van der Waals surface area contributed by atoms with Crippen LogP contribution in [0.5, 0.6) is 0 Å². The van der Waals surface area contributed by atoms with Crippen LogP contribution in [0.4, 0.5) is 26.3 Å². The van der Waals surface area contributed by atoms with Crippen LogP contribution in [-0.2, 0) is 25.2 Å². The summed E-state index contributed by atoms with van der Waals surface area (Å²) in [6, 6.07) is 20.0. The fraction of sp³-hybridized carbons (Fsp3) is 0.312. The lowest BCUT2D eigenvalue weighted by Gasteiger charge is -2.42. The summed E-state index contributed by atoms with van der Waals surface area (Å²) in [6.07, 6.45) is -6.36. The molecular weight excluding hydrogens is 556 g/mol. The van der Waals surface area contributed by atoms with Gasteiger partial charge in [-0.15, -0.1) is 0 Å². The molecule has 0 saturated carbocycles. The Morgan fingerprint density at radius 1 is 0.810 bits per heavy atom. The molecule has 0 N–H and O–H groups in total. The molecule has 1 fully saturated rings. The highest BCUT2D eigenvalue weighted by atomic mass is 19.4. The predicted octanol–water partition coefficient (Wildman–Crippen LogP) is 7.27. The largest absolute Gasteiger partial charge is 0.416 e. The monoisotopic (exact) mass is 585 g/mol. The van der Waals surface area contributed by atoms with Gasteiger partial charge in [-0.2, -0.15) is 26.3 Å². The van der Waals surface area contributed by atoms with Crippen molar-refractivity contribution in [1.29, 1.82) is 0 Å². The molecule has 42 heavy (non-hydrogen) atoms. The summed E-state index contributed by atoms with van der Waals surface area (Å²) in [5.41, 5.74) is -1.74. The van der Waals surface area contributed by atoms with E-state index < -0.39 is 41.0 Å². The van der Waals surface area contributed by atoms with Crippen LogP contribution in [0.2, 0.25) is 0 Å². The van der Waals surface area contributed by atoms with Crippen molar-refractivity contribution in [3.63, 3.8) is 0 Å². The lowest BCUT2D eigenvalue weighted by Crippen LogP contribution is -2.56. The number of nitrogens with zero attached hydrogens (tertiary/aromatic N) is 3. The number of aromatic nitrogens is 1. The minimum atomic E-state index is -5.03. The first kappa shape index (κ1) is 29.6. The van der Waals surface area contributed by atoms with Crippen LogP contribution in [0.3, 0.4) is 0 Å². The third kappa shape index (κ3) is 7.10. The second kappa shape index (κ2) is 12.1. The van der Waals surface area contributed by atoms with Crippen LogP contribution in [-0.4, -0.2) is 52.9 Å². The number of pyridine rings is 1. The Balaban J connectivity index is 1.41. The Morgan fingerprint density at radius 3 is 2.17 bits per heavy atom. The van der Waals surface area contributed by atoms with Gasteiger partial charge in [-0.3, -0.25) is 14.7 Å². The van der Waals surface area contributed by atoms with E-state index in [9.17, 15) is 31.1 Å². The summed E-state index contributed by atoms with van der Waals surface area (Å²) in [5, 5.41) is 2.04. The molecule has 0 spiro atoms. The number of carbonyl (C=O) groups excluding carboxylic acids is 1. The van der Waals surface area contributed by atoms with Gasteiger partial charge in [0.05, 0.1) is 11.1 Å². The van der Waals surface area contributed by atoms with E-state index in [4.69, 9.17) is 0 Å². The maximum atomic E-state index is 13.6. The van der Waals surface area contributed by atoms with Crippen molar-refractivity contribution in [3.8, 4) is 0 Å². The van der Waals surface area contributed by atoms with Crippen molar-refractivity contribution in [2.45, 2.75) is 37.7 Å². The van der Waals surface area contributed by atoms with Crippen LogP contribution in [0, 0.1) is 0 Å². The highest BCUT2D eigenvalue weighted by molar-refractivity contribution is 5.95. The van der Waals surface area contributed by atoms with E-state index >= 15 is 0 Å². The van der Waals surface area contributed by atoms with E-state index in [0.29, 0.717) is 38.2 Å². The molecule has 1 aliphatic rings. The van der Waals surface area contributed by atoms with Crippen LogP contribution in [0.1, 0.15) is 39.2 Å². The zero-order valence-corrected chi connectivity index (χ0v) is 22.6. The number of hydrogen-bond acceptors (Lipinski definition) is 3. The molecule has 1 saturated heterocycles. The number of carbonyl (C=O) groups is 1. The van der Waals surface area contributed by atoms with Crippen molar-refractivity contribution in [3.05, 3.63) is 113 Å². The number of rotatable bonds is 7. The number of benzene rings is 3. The molecule has 4 nitrogen and oxygen atoms in total. The molecule has 0 bridgehead atoms. The molecule has 5 rings (SSSR count). The van der Waals surface area contributed by atoms with E-state index in [1.54, 1.807) is 6.20 Å². The summed E-state index contributed by atoms with van der Waals surface area (Å²) in [4.78, 5) is 21.6. The summed E-state index contributed by atoms with van der Waals surface area (Å²) >= 11 is 0. The Bertz CT molecular complexity index is 1500. The van der Waals surface area contributed by atoms with Gasteiger partial charge in [0.2, 0.25) is 0 Å². The average Bonchev–Trinajstić information content (AvgIpc) is 2.96. The van der Waals surface area contributed by atoms with E-state index in [0.717, 1.165) is 34.9 Å². The van der Waals surface area contributed by atoms with E-state index in [2.05, 4.69) is 9.88 Å². The van der Waals surface area contributed by atoms with E-state index in [-0.39, 0.29) is 12.6 Å². The van der Waals surface area contributed by atoms with E-state index in [1.165, 1.54) is 4.90 Å². The number of hydrogen-bond donors (Lipinski definition) is 0. The number of piperazine rings is 1. The number of amides is 1. The quantitative estimate of drug-likeness (QED) is 0.214. The van der Waals surface area contributed by atoms with Crippen LogP contribution < -0.4 is 0 Å². The molecule has 220 valence electrons. The van der Waals surface area contributed by atoms with Crippen LogP contribution in [0.15, 0.2) is 85.1 Å². The molecule has 1 aliphatic heterocycles. The molecule has 10 heteroatoms. The smallest absolute Gasteiger partial charge is 0.333 e. The van der Waals surface area contributed by atoms with Crippen molar-refractivity contribution in [1.82, 2.24) is 14.8 Å². The van der Waals surface area contributed by atoms with Gasteiger partial charge in [0.1, 0.15) is 0 Å². The zero-order chi connectivity index (χ0) is 29.9. The minimum Gasteiger partial charge on any atom is -0.333 e. The molecule has 0 aliphatic carbocycles. The Hall–Kier alpha value is -3.92. The van der Waals surface area contributed by atoms with Crippen molar-refractivity contribution in [2.24, 2.45) is 0 Å². The van der Waals surface area contributed by atoms with Crippen LogP contribution >= 0.6 is 0 Å². The number of aryl methyl sites for hydroxylation is 1. The summed E-state index contributed by atoms with van der Waals surface area (Å²) in [6.45, 7) is 1.78. The maximum absolute atomic E-state index is 13.6. The standard InChI is InChI=1S/C32H29F6N3O/c33-31(34,35)26-18-25(19-27(20-26)32(36,37)38)30(42)41-15-14-40(13-5-9-28-8-3-4-12-39-28)21-29(41)17-22-10-11-23-6-1-2-7-24(23)16-22/h1-4,6-8,10-12,16,18-20,29H,5,9,13-15,17,21H2/t29-/m1/s1. The first-order valence-electron chi connectivity index (χ1n) is 13.7. The molecule has 1 aromatic heterocycles. The third-order valence-electron chi connectivity index (χ3n) is 7.58. The summed E-state index contributed by atoms with van der Waals surface area (Å²) in [5.74, 6) is -0.842. The van der Waals surface area contributed by atoms with Gasteiger partial charge in [-0.25, -0.2) is 0 Å². The first-order chi connectivity index (χ1) is 20.0. The Kier molecular flexibility index (Phi) is 8.54. The van der Waals surface area contributed by atoms with Gasteiger partial charge in [0, 0.05) is 43.1 Å². The van der Waals surface area contributed by atoms with Gasteiger partial charge in [-0.05, 0) is 72.5 Å². The minimum absolute atomic E-state index is 0.0445. The normalized spacial score (nSPS) is 16.6. The third-order valence-corrected chi connectivity index (χ3v) is 7.58. The van der Waals surface area contributed by atoms with Gasteiger partial charge >= 0.3 is 12.4 Å². The number of alkyl halides is 6. The highest BCUT2D eigenvalue weighted by Gasteiger charge is 2.39. The number of halogens is 6. The number of fused-ring (bicyclic) bond motifs is 1. The zero-order valence-electron chi connectivity index (χ0n) is 22.6. The maximum Gasteiger partial charge on any atom is 0.416 e. The van der Waals surface area contributed by atoms with Gasteiger partial charge in [0.15, 0.2) is 0 Å². The lowest BCUT2D eigenvalue weighted by atomic mass is 9.97. The fourth-order valence-electron chi connectivity index (χ4n) is 5.48. The molecule has 1 atom stereocenters. The molecule has 0 radical (unpaired) electrons. The highest BCUT2D eigenvalue weighted by Crippen LogP contribution is 2.37. The molecule has 4 aromatic rings. The summed E-state index contributed by atoms with van der Waals surface area (Å²) in [7, 11) is 0. The van der Waals surface area contributed by atoms with E-state index in [1.807, 2.05) is 60.7 Å². The average molecular weight is 586 g/mol. The Morgan fingerprint density at radius 2 is 1.50 bits per heavy atom. The predicted molar refractivity (Wildman–Crippen MR) is 148 cm³/mol. The van der Waals surface area contributed by atoms with Gasteiger partial charge in [-0.1, -0.05) is 48.5 Å². The van der Waals surface area contributed by atoms with Crippen LogP contribution in [0.25, 0.3) is 10.8 Å². The van der Waals surface area contributed by atoms with Gasteiger partial charge in [0.25, 0.3) is 5.91 Å². The SMILES string of the molecule is O=C(c1cc(C(F)(F)F)cc(C(F)(F)F)c1)N1CCN(CCCc2ccccn2)C[C@H]1Cc1ccc2ccccc2c1. The van der Waals surface area contributed by atoms with Crippen molar-refractivity contribution < 1.29 is 31.1 Å². The summed E-state index contributed by atoms with van der Waals surface area (Å²) < 4.78 is 81.1. The molecule has 2 heterocycles. The fourth-order valence-corrected chi connectivity index (χ4v) is 5.48. The van der Waals surface area contributed by atoms with Crippen molar-refractivity contribution >= 4 is 16.7 Å². The topological polar surface area (TPSA) is 36.4 Å². The second-order valence-corrected chi connectivity index (χ2v) is 10.6. The molecule has 0 unspecified atom stereocenters. The van der Waals surface area contributed by atoms with Gasteiger partial charge < -0.3 is 4.90 Å². The second-order valence-electron chi connectivity index (χ2n) is 10.6. The van der Waals surface area contributed by atoms with Crippen molar-refractivity contribution in [2.75, 3.05) is 26.2 Å². The Labute approximate surface area is 239 Å². The first-order valence-corrected chi connectivity index (χ1v) is 13.7.